The molecule has 0 bridgehead atoms. The summed E-state index contributed by atoms with van der Waals surface area (Å²) < 4.78 is 24.7. The number of benzene rings is 1. The molecule has 0 aliphatic carbocycles. The number of hydrogen-bond acceptors (Lipinski definition) is 4. The summed E-state index contributed by atoms with van der Waals surface area (Å²) in [6, 6.07) is 4.40. The number of morpholine rings is 1. The van der Waals surface area contributed by atoms with Crippen molar-refractivity contribution < 1.29 is 23.5 Å². The predicted octanol–water partition coefficient (Wildman–Crippen LogP) is 2.78. The van der Waals surface area contributed by atoms with Crippen LogP contribution >= 0.6 is 15.9 Å². The van der Waals surface area contributed by atoms with Gasteiger partial charge in [0.2, 0.25) is 0 Å². The van der Waals surface area contributed by atoms with Crippen LogP contribution < -0.4 is 0 Å². The van der Waals surface area contributed by atoms with Crippen molar-refractivity contribution in [3.05, 3.63) is 40.1 Å². The number of ether oxygens (including phenoxy) is 2. The Morgan fingerprint density at radius 1 is 1.38 bits per heavy atom. The van der Waals surface area contributed by atoms with Gasteiger partial charge in [-0.2, -0.15) is 0 Å². The van der Waals surface area contributed by atoms with Crippen LogP contribution in [0.3, 0.4) is 0 Å². The zero-order chi connectivity index (χ0) is 17.7. The van der Waals surface area contributed by atoms with Crippen LogP contribution in [0.1, 0.15) is 19.4 Å². The number of halogens is 2. The van der Waals surface area contributed by atoms with Gasteiger partial charge in [0.15, 0.2) is 6.61 Å². The largest absolute Gasteiger partial charge is 0.452 e. The maximum absolute atomic E-state index is 13.6. The van der Waals surface area contributed by atoms with Gasteiger partial charge >= 0.3 is 5.97 Å². The SMILES string of the molecule is C[C@H]1CN(C(=O)COC(=O)/C=C/c2cc(Br)ccc2F)C[C@H](C)O1. The van der Waals surface area contributed by atoms with E-state index in [-0.39, 0.29) is 30.3 Å². The maximum Gasteiger partial charge on any atom is 0.331 e. The Labute approximate surface area is 148 Å². The summed E-state index contributed by atoms with van der Waals surface area (Å²) in [6.45, 7) is 4.37. The van der Waals surface area contributed by atoms with Gasteiger partial charge in [0, 0.05) is 29.2 Å². The van der Waals surface area contributed by atoms with Crippen LogP contribution in [0.2, 0.25) is 0 Å². The first kappa shape index (κ1) is 18.6. The van der Waals surface area contributed by atoms with E-state index in [1.165, 1.54) is 12.1 Å². The van der Waals surface area contributed by atoms with Crippen molar-refractivity contribution in [3.63, 3.8) is 0 Å². The van der Waals surface area contributed by atoms with E-state index in [4.69, 9.17) is 9.47 Å². The molecule has 1 heterocycles. The lowest BCUT2D eigenvalue weighted by Crippen LogP contribution is -2.49. The van der Waals surface area contributed by atoms with Gasteiger partial charge in [0.25, 0.3) is 5.91 Å². The second-order valence-corrected chi connectivity index (χ2v) is 6.58. The maximum atomic E-state index is 13.6. The van der Waals surface area contributed by atoms with Crippen LogP contribution in [0, 0.1) is 5.82 Å². The summed E-state index contributed by atoms with van der Waals surface area (Å²) in [4.78, 5) is 25.4. The number of carbonyl (C=O) groups is 2. The summed E-state index contributed by atoms with van der Waals surface area (Å²) in [5.41, 5.74) is 0.253. The van der Waals surface area contributed by atoms with Crippen LogP contribution in [-0.4, -0.2) is 48.7 Å². The zero-order valence-electron chi connectivity index (χ0n) is 13.5. The molecule has 0 N–H and O–H groups in total. The monoisotopic (exact) mass is 399 g/mol. The average Bonchev–Trinajstić information content (AvgIpc) is 2.52. The van der Waals surface area contributed by atoms with E-state index >= 15 is 0 Å². The van der Waals surface area contributed by atoms with Crippen molar-refractivity contribution in [2.45, 2.75) is 26.1 Å². The summed E-state index contributed by atoms with van der Waals surface area (Å²) in [5, 5.41) is 0. The first-order valence-electron chi connectivity index (χ1n) is 7.58. The highest BCUT2D eigenvalue weighted by Crippen LogP contribution is 2.16. The molecule has 1 amide bonds. The van der Waals surface area contributed by atoms with Crippen molar-refractivity contribution >= 4 is 33.9 Å². The minimum atomic E-state index is -0.697. The summed E-state index contributed by atoms with van der Waals surface area (Å²) >= 11 is 3.23. The molecule has 1 aromatic carbocycles. The highest BCUT2D eigenvalue weighted by molar-refractivity contribution is 9.10. The molecule has 130 valence electrons. The number of amides is 1. The molecule has 7 heteroatoms. The average molecular weight is 400 g/mol. The Balaban J connectivity index is 1.85. The van der Waals surface area contributed by atoms with Gasteiger partial charge in [-0.3, -0.25) is 4.79 Å². The number of nitrogens with zero attached hydrogens (tertiary/aromatic N) is 1. The lowest BCUT2D eigenvalue weighted by molar-refractivity contribution is -0.154. The van der Waals surface area contributed by atoms with Gasteiger partial charge < -0.3 is 14.4 Å². The van der Waals surface area contributed by atoms with Gasteiger partial charge in [0.1, 0.15) is 5.82 Å². The molecular weight excluding hydrogens is 381 g/mol. The van der Waals surface area contributed by atoms with E-state index in [2.05, 4.69) is 15.9 Å². The number of carbonyl (C=O) groups excluding carboxylic acids is 2. The van der Waals surface area contributed by atoms with E-state index in [9.17, 15) is 14.0 Å². The van der Waals surface area contributed by atoms with Gasteiger partial charge in [-0.25, -0.2) is 9.18 Å². The van der Waals surface area contributed by atoms with E-state index < -0.39 is 11.8 Å². The molecule has 1 fully saturated rings. The molecule has 2 atom stereocenters. The number of esters is 1. The Kier molecular flexibility index (Phi) is 6.51. The molecular formula is C17H19BrFNO4. The highest BCUT2D eigenvalue weighted by Gasteiger charge is 2.26. The Hall–Kier alpha value is -1.73. The Bertz CT molecular complexity index is 639. The van der Waals surface area contributed by atoms with Crippen molar-refractivity contribution in [1.82, 2.24) is 4.90 Å². The lowest BCUT2D eigenvalue weighted by atomic mass is 10.2. The molecule has 0 radical (unpaired) electrons. The van der Waals surface area contributed by atoms with Gasteiger partial charge in [0.05, 0.1) is 12.2 Å². The van der Waals surface area contributed by atoms with Crippen LogP contribution in [0.5, 0.6) is 0 Å². The molecule has 24 heavy (non-hydrogen) atoms. The molecule has 1 saturated heterocycles. The molecule has 0 aromatic heterocycles. The van der Waals surface area contributed by atoms with Crippen molar-refractivity contribution in [1.29, 1.82) is 0 Å². The highest BCUT2D eigenvalue weighted by atomic mass is 79.9. The quantitative estimate of drug-likeness (QED) is 0.576. The third-order valence-electron chi connectivity index (χ3n) is 3.47. The fourth-order valence-corrected chi connectivity index (χ4v) is 2.83. The second kappa shape index (κ2) is 8.39. The minimum Gasteiger partial charge on any atom is -0.452 e. The van der Waals surface area contributed by atoms with Crippen LogP contribution in [-0.2, 0) is 19.1 Å². The summed E-state index contributed by atoms with van der Waals surface area (Å²) in [7, 11) is 0. The molecule has 0 saturated carbocycles. The molecule has 0 unspecified atom stereocenters. The molecule has 2 rings (SSSR count). The molecule has 1 aliphatic heterocycles. The standard InChI is InChI=1S/C17H19BrFNO4/c1-11-8-20(9-12(2)24-11)16(21)10-23-17(22)6-3-13-7-14(18)4-5-15(13)19/h3-7,11-12H,8-10H2,1-2H3/b6-3+/t11-,12-/m0/s1. The van der Waals surface area contributed by atoms with Gasteiger partial charge in [-0.05, 0) is 38.1 Å². The Morgan fingerprint density at radius 2 is 2.04 bits per heavy atom. The fourth-order valence-electron chi connectivity index (χ4n) is 2.45. The van der Waals surface area contributed by atoms with Crippen molar-refractivity contribution in [2.75, 3.05) is 19.7 Å². The normalized spacial score (nSPS) is 21.1. The summed E-state index contributed by atoms with van der Waals surface area (Å²) in [5.74, 6) is -1.42. The molecule has 0 spiro atoms. The smallest absolute Gasteiger partial charge is 0.331 e. The zero-order valence-corrected chi connectivity index (χ0v) is 15.1. The predicted molar refractivity (Wildman–Crippen MR) is 90.7 cm³/mol. The third-order valence-corrected chi connectivity index (χ3v) is 3.96. The first-order valence-corrected chi connectivity index (χ1v) is 8.37. The summed E-state index contributed by atoms with van der Waals surface area (Å²) in [6.07, 6.45) is 2.31. The van der Waals surface area contributed by atoms with Crippen molar-refractivity contribution in [3.8, 4) is 0 Å². The topological polar surface area (TPSA) is 55.8 Å². The van der Waals surface area contributed by atoms with Crippen LogP contribution in [0.15, 0.2) is 28.7 Å². The van der Waals surface area contributed by atoms with Crippen LogP contribution in [0.25, 0.3) is 6.08 Å². The van der Waals surface area contributed by atoms with Gasteiger partial charge in [-0.1, -0.05) is 15.9 Å². The van der Waals surface area contributed by atoms with Gasteiger partial charge in [-0.15, -0.1) is 0 Å². The minimum absolute atomic E-state index is 0.0483. The van der Waals surface area contributed by atoms with E-state index in [0.717, 1.165) is 6.08 Å². The number of rotatable bonds is 4. The first-order chi connectivity index (χ1) is 11.3. The number of hydrogen-bond donors (Lipinski definition) is 0. The van der Waals surface area contributed by atoms with E-state index in [1.807, 2.05) is 13.8 Å². The second-order valence-electron chi connectivity index (χ2n) is 5.66. The van der Waals surface area contributed by atoms with E-state index in [1.54, 1.807) is 17.0 Å². The lowest BCUT2D eigenvalue weighted by Gasteiger charge is -2.35. The molecule has 5 nitrogen and oxygen atoms in total. The van der Waals surface area contributed by atoms with E-state index in [0.29, 0.717) is 17.6 Å². The van der Waals surface area contributed by atoms with Crippen molar-refractivity contribution in [2.24, 2.45) is 0 Å². The molecule has 1 aliphatic rings. The van der Waals surface area contributed by atoms with Crippen LogP contribution in [0.4, 0.5) is 4.39 Å². The molecule has 1 aromatic rings. The Morgan fingerprint density at radius 3 is 2.71 bits per heavy atom. The third kappa shape index (κ3) is 5.42. The fraction of sp³-hybridized carbons (Fsp3) is 0.412.